The Balaban J connectivity index is 0.000000208. The van der Waals surface area contributed by atoms with E-state index in [2.05, 4.69) is 5.32 Å². The summed E-state index contributed by atoms with van der Waals surface area (Å²) in [5, 5.41) is 28.9. The topological polar surface area (TPSA) is 225 Å². The van der Waals surface area contributed by atoms with Gasteiger partial charge in [0.15, 0.2) is 15.9 Å². The number of amides is 3. The van der Waals surface area contributed by atoms with Crippen molar-refractivity contribution in [2.75, 3.05) is 5.88 Å². The molecule has 4 fully saturated rings. The van der Waals surface area contributed by atoms with Crippen LogP contribution in [0.3, 0.4) is 0 Å². The minimum Gasteiger partial charge on any atom is -0.508 e. The molecule has 7 atom stereocenters. The van der Waals surface area contributed by atoms with Crippen LogP contribution in [0.15, 0.2) is 24.3 Å². The lowest BCUT2D eigenvalue weighted by molar-refractivity contribution is -0.161. The van der Waals surface area contributed by atoms with E-state index in [4.69, 9.17) is 22.4 Å². The Morgan fingerprint density at radius 1 is 1.10 bits per heavy atom. The fraction of sp³-hybridized carbons (Fsp3) is 0.542. The van der Waals surface area contributed by atoms with Crippen LogP contribution >= 0.6 is 23.4 Å². The second-order valence-electron chi connectivity index (χ2n) is 10.8. The molecule has 0 radical (unpaired) electrons. The Labute approximate surface area is 244 Å². The fourth-order valence-corrected chi connectivity index (χ4v) is 9.91. The third-order valence-corrected chi connectivity index (χ3v) is 12.9. The maximum Gasteiger partial charge on any atom is 0.328 e. The van der Waals surface area contributed by atoms with Gasteiger partial charge in [-0.05, 0) is 38.5 Å². The number of rotatable bonds is 6. The highest BCUT2D eigenvalue weighted by Gasteiger charge is 2.69. The van der Waals surface area contributed by atoms with Crippen LogP contribution in [0.1, 0.15) is 38.8 Å². The van der Waals surface area contributed by atoms with Gasteiger partial charge in [-0.25, -0.2) is 18.0 Å². The van der Waals surface area contributed by atoms with Crippen molar-refractivity contribution in [2.45, 2.75) is 71.6 Å². The van der Waals surface area contributed by atoms with Crippen LogP contribution in [0.25, 0.3) is 0 Å². The number of phenolic OH excluding ortho intramolecular Hbond substituents is 1. The molecule has 1 aromatic carbocycles. The molecule has 0 saturated carbocycles. The SMILES string of the molecule is CC1(C)S[C@@H]2[C@H](NC(=O)[C@H](N)c3ccc(O)cc3)C(=O)N2[C@H]1C(=O)O.C[C@]1(CCl)[C@H](C(=O)O)N2C(=O)C[C@H]2S1(=O)=O. The standard InChI is InChI=1S/C16H19N3O5S.C8H10ClNO5S/c1-16(2)11(15(23)24)19-13(22)10(14(19)25-16)18-12(21)9(17)7-3-5-8(20)6-4-7;1-8(3-9)6(7(12)13)10-4(11)2-5(10)16(8,14)15/h3-6,9-11,14,20H,17H2,1-2H3,(H,18,21)(H,23,24);5-6H,2-3H2,1H3,(H,12,13)/t9-,10-,11+,14-;5-,6+,8+/m11/s1. The van der Waals surface area contributed by atoms with Crippen molar-refractivity contribution < 1.29 is 47.7 Å². The number of carboxylic acid groups (broad SMARTS) is 2. The molecule has 14 nitrogen and oxygen atoms in total. The molecule has 0 unspecified atom stereocenters. The highest BCUT2D eigenvalue weighted by atomic mass is 35.5. The number of hydrogen-bond donors (Lipinski definition) is 5. The monoisotopic (exact) mass is 632 g/mol. The number of carbonyl (C=O) groups is 5. The zero-order valence-corrected chi connectivity index (χ0v) is 24.4. The maximum absolute atomic E-state index is 12.3. The third-order valence-electron chi connectivity index (χ3n) is 7.82. The number of hydrogen-bond acceptors (Lipinski definition) is 10. The van der Waals surface area contributed by atoms with Crippen LogP contribution in [0.2, 0.25) is 0 Å². The van der Waals surface area contributed by atoms with E-state index >= 15 is 0 Å². The quantitative estimate of drug-likeness (QED) is 0.197. The van der Waals surface area contributed by atoms with Crippen LogP contribution in [-0.2, 0) is 33.8 Å². The first-order valence-electron chi connectivity index (χ1n) is 12.3. The Hall–Kier alpha value is -3.08. The smallest absolute Gasteiger partial charge is 0.328 e. The number of halogens is 1. The number of benzene rings is 1. The molecule has 0 bridgehead atoms. The van der Waals surface area contributed by atoms with Gasteiger partial charge < -0.3 is 36.2 Å². The van der Waals surface area contributed by atoms with E-state index in [1.165, 1.54) is 47.9 Å². The number of nitrogens with two attached hydrogens (primary N) is 1. The number of thioether (sulfide) groups is 1. The van der Waals surface area contributed by atoms with Crippen molar-refractivity contribution in [1.29, 1.82) is 0 Å². The largest absolute Gasteiger partial charge is 0.508 e. The lowest BCUT2D eigenvalue weighted by atomic mass is 9.95. The highest BCUT2D eigenvalue weighted by Crippen LogP contribution is 2.51. The van der Waals surface area contributed by atoms with Gasteiger partial charge in [0.05, 0.1) is 6.42 Å². The number of nitrogens with zero attached hydrogens (tertiary/aromatic N) is 2. The van der Waals surface area contributed by atoms with Crippen LogP contribution in [0.4, 0.5) is 0 Å². The average molecular weight is 633 g/mol. The zero-order chi connectivity index (χ0) is 30.8. The van der Waals surface area contributed by atoms with Gasteiger partial charge in [0.25, 0.3) is 0 Å². The van der Waals surface area contributed by atoms with Crippen molar-refractivity contribution in [3.05, 3.63) is 29.8 Å². The predicted octanol–water partition coefficient (Wildman–Crippen LogP) is -0.552. The molecule has 4 saturated heterocycles. The first kappa shape index (κ1) is 30.9. The molecule has 0 aliphatic carbocycles. The Morgan fingerprint density at radius 2 is 1.66 bits per heavy atom. The van der Waals surface area contributed by atoms with Gasteiger partial charge in [-0.2, -0.15) is 0 Å². The van der Waals surface area contributed by atoms with Crippen LogP contribution in [0, 0.1) is 0 Å². The second-order valence-corrected chi connectivity index (χ2v) is 15.5. The molecule has 5 rings (SSSR count). The van der Waals surface area contributed by atoms with Gasteiger partial charge in [0, 0.05) is 10.6 Å². The molecule has 4 aliphatic heterocycles. The molecule has 3 amide bonds. The average Bonchev–Trinajstić information content (AvgIpc) is 3.23. The molecule has 41 heavy (non-hydrogen) atoms. The molecular formula is C24H29ClN4O10S2. The summed E-state index contributed by atoms with van der Waals surface area (Å²) in [7, 11) is -3.71. The molecule has 4 heterocycles. The number of nitrogens with one attached hydrogen (secondary N) is 1. The number of carboxylic acids is 2. The van der Waals surface area contributed by atoms with Crippen LogP contribution < -0.4 is 11.1 Å². The van der Waals surface area contributed by atoms with E-state index < -0.39 is 83.9 Å². The molecule has 17 heteroatoms. The van der Waals surface area contributed by atoms with E-state index in [9.17, 15) is 42.6 Å². The second kappa shape index (κ2) is 10.3. The number of carbonyl (C=O) groups excluding carboxylic acids is 3. The number of aromatic hydroxyl groups is 1. The van der Waals surface area contributed by atoms with E-state index in [0.29, 0.717) is 5.56 Å². The van der Waals surface area contributed by atoms with Crippen molar-refractivity contribution in [1.82, 2.24) is 15.1 Å². The summed E-state index contributed by atoms with van der Waals surface area (Å²) >= 11 is 6.95. The summed E-state index contributed by atoms with van der Waals surface area (Å²) in [5.74, 6) is -4.06. The van der Waals surface area contributed by atoms with Crippen LogP contribution in [-0.4, -0.2) is 107 Å². The molecule has 0 spiro atoms. The summed E-state index contributed by atoms with van der Waals surface area (Å²) in [4.78, 5) is 60.7. The van der Waals surface area contributed by atoms with E-state index in [0.717, 1.165) is 4.90 Å². The zero-order valence-electron chi connectivity index (χ0n) is 22.1. The van der Waals surface area contributed by atoms with Gasteiger partial charge >= 0.3 is 11.9 Å². The van der Waals surface area contributed by atoms with E-state index in [1.54, 1.807) is 13.8 Å². The highest BCUT2D eigenvalue weighted by molar-refractivity contribution is 8.01. The number of phenols is 1. The summed E-state index contributed by atoms with van der Waals surface area (Å²) in [5.41, 5.74) is 6.41. The number of fused-ring (bicyclic) bond motifs is 2. The third kappa shape index (κ3) is 4.70. The maximum atomic E-state index is 12.3. The summed E-state index contributed by atoms with van der Waals surface area (Å²) in [6.07, 6.45) is -0.140. The summed E-state index contributed by atoms with van der Waals surface area (Å²) in [6, 6.07) is 1.83. The normalized spacial score (nSPS) is 32.9. The lowest BCUT2D eigenvalue weighted by Crippen LogP contribution is -2.71. The minimum atomic E-state index is -3.71. The Bertz CT molecular complexity index is 1420. The first-order chi connectivity index (χ1) is 18.9. The summed E-state index contributed by atoms with van der Waals surface area (Å²) in [6.45, 7) is 4.81. The number of alkyl halides is 1. The molecule has 1 aromatic rings. The molecule has 224 valence electrons. The first-order valence-corrected chi connectivity index (χ1v) is 15.3. The number of aliphatic carboxylic acids is 2. The minimum absolute atomic E-state index is 0.0606. The van der Waals surface area contributed by atoms with Crippen molar-refractivity contribution in [3.8, 4) is 5.75 Å². The van der Waals surface area contributed by atoms with E-state index in [-0.39, 0.29) is 18.1 Å². The molecule has 0 aromatic heterocycles. The number of sulfone groups is 1. The van der Waals surface area contributed by atoms with Gasteiger partial charge in [-0.3, -0.25) is 14.4 Å². The Morgan fingerprint density at radius 3 is 2.15 bits per heavy atom. The van der Waals surface area contributed by atoms with Gasteiger partial charge in [0.2, 0.25) is 17.7 Å². The fourth-order valence-electron chi connectivity index (χ4n) is 5.48. The van der Waals surface area contributed by atoms with Gasteiger partial charge in [-0.15, -0.1) is 23.4 Å². The molecule has 4 aliphatic rings. The van der Waals surface area contributed by atoms with Crippen molar-refractivity contribution in [3.63, 3.8) is 0 Å². The van der Waals surface area contributed by atoms with Crippen molar-refractivity contribution in [2.24, 2.45) is 5.73 Å². The van der Waals surface area contributed by atoms with Crippen LogP contribution in [0.5, 0.6) is 5.75 Å². The predicted molar refractivity (Wildman–Crippen MR) is 145 cm³/mol. The summed E-state index contributed by atoms with van der Waals surface area (Å²) < 4.78 is 21.8. The van der Waals surface area contributed by atoms with Gasteiger partial charge in [0.1, 0.15) is 39.4 Å². The Kier molecular flexibility index (Phi) is 7.77. The van der Waals surface area contributed by atoms with E-state index in [1.807, 2.05) is 0 Å². The van der Waals surface area contributed by atoms with Gasteiger partial charge in [-0.1, -0.05) is 12.1 Å². The lowest BCUT2D eigenvalue weighted by Gasteiger charge is -2.43. The number of β-lactam (4-membered cyclic amide) rings is 2. The van der Waals surface area contributed by atoms with Crippen molar-refractivity contribution >= 4 is 62.9 Å². The molecular weight excluding hydrogens is 604 g/mol. The molecule has 6 N–H and O–H groups in total.